The van der Waals surface area contributed by atoms with Gasteiger partial charge < -0.3 is 14.5 Å². The van der Waals surface area contributed by atoms with Gasteiger partial charge in [-0.1, -0.05) is 12.1 Å². The summed E-state index contributed by atoms with van der Waals surface area (Å²) in [5, 5.41) is 0. The second-order valence-corrected chi connectivity index (χ2v) is 7.68. The van der Waals surface area contributed by atoms with E-state index in [-0.39, 0.29) is 11.8 Å². The molecule has 2 amide bonds. The summed E-state index contributed by atoms with van der Waals surface area (Å²) < 4.78 is 5.24. The minimum Gasteiger partial charge on any atom is -0.497 e. The van der Waals surface area contributed by atoms with Crippen molar-refractivity contribution in [3.05, 3.63) is 29.8 Å². The van der Waals surface area contributed by atoms with Crippen molar-refractivity contribution in [2.24, 2.45) is 5.92 Å². The van der Waals surface area contributed by atoms with E-state index in [2.05, 4.69) is 4.90 Å². The van der Waals surface area contributed by atoms with E-state index < -0.39 is 0 Å². The van der Waals surface area contributed by atoms with Crippen molar-refractivity contribution in [2.75, 3.05) is 46.9 Å². The van der Waals surface area contributed by atoms with Crippen LogP contribution in [0.5, 0.6) is 5.75 Å². The van der Waals surface area contributed by atoms with E-state index in [0.29, 0.717) is 19.0 Å². The number of hydrogen-bond donors (Lipinski definition) is 0. The van der Waals surface area contributed by atoms with Crippen molar-refractivity contribution < 1.29 is 14.3 Å². The van der Waals surface area contributed by atoms with Crippen LogP contribution < -0.4 is 4.74 Å². The number of amides is 2. The molecule has 0 aromatic heterocycles. The van der Waals surface area contributed by atoms with Crippen LogP contribution in [0, 0.1) is 5.92 Å². The maximum atomic E-state index is 12.6. The van der Waals surface area contributed by atoms with Crippen molar-refractivity contribution in [1.29, 1.82) is 0 Å². The number of methoxy groups -OCH3 is 1. The summed E-state index contributed by atoms with van der Waals surface area (Å²) in [5.74, 6) is 1.39. The van der Waals surface area contributed by atoms with Crippen LogP contribution in [-0.2, 0) is 16.1 Å². The lowest BCUT2D eigenvalue weighted by Crippen LogP contribution is -2.45. The zero-order valence-electron chi connectivity index (χ0n) is 16.5. The summed E-state index contributed by atoms with van der Waals surface area (Å²) in [7, 11) is 3.48. The molecule has 148 valence electrons. The maximum absolute atomic E-state index is 12.6. The monoisotopic (exact) mass is 373 g/mol. The Kier molecular flexibility index (Phi) is 6.72. The van der Waals surface area contributed by atoms with E-state index in [9.17, 15) is 9.59 Å². The molecule has 2 aliphatic rings. The molecule has 1 aromatic rings. The Hall–Kier alpha value is -2.08. The fourth-order valence-electron chi connectivity index (χ4n) is 3.98. The molecular formula is C21H31N3O3. The number of carbonyl (C=O) groups is 2. The van der Waals surface area contributed by atoms with Gasteiger partial charge in [0.1, 0.15) is 5.75 Å². The first-order chi connectivity index (χ1) is 13.1. The van der Waals surface area contributed by atoms with Crippen LogP contribution in [0.2, 0.25) is 0 Å². The smallest absolute Gasteiger partial charge is 0.236 e. The molecule has 1 aromatic carbocycles. The van der Waals surface area contributed by atoms with Crippen molar-refractivity contribution in [2.45, 2.75) is 32.2 Å². The highest BCUT2D eigenvalue weighted by molar-refractivity contribution is 5.79. The molecule has 0 atom stereocenters. The largest absolute Gasteiger partial charge is 0.497 e. The first-order valence-corrected chi connectivity index (χ1v) is 9.95. The highest BCUT2D eigenvalue weighted by atomic mass is 16.5. The molecule has 3 rings (SSSR count). The van der Waals surface area contributed by atoms with Crippen LogP contribution in [0.25, 0.3) is 0 Å². The van der Waals surface area contributed by atoms with E-state index in [1.165, 1.54) is 0 Å². The fourth-order valence-corrected chi connectivity index (χ4v) is 3.98. The predicted molar refractivity (Wildman–Crippen MR) is 104 cm³/mol. The molecule has 0 N–H and O–H groups in total. The van der Waals surface area contributed by atoms with Crippen molar-refractivity contribution in [3.8, 4) is 5.75 Å². The molecule has 0 spiro atoms. The minimum absolute atomic E-state index is 0.113. The number of rotatable bonds is 6. The first kappa shape index (κ1) is 19.7. The summed E-state index contributed by atoms with van der Waals surface area (Å²) in [4.78, 5) is 31.0. The molecule has 2 heterocycles. The first-order valence-electron chi connectivity index (χ1n) is 9.95. The van der Waals surface area contributed by atoms with E-state index in [1.807, 2.05) is 36.2 Å². The quantitative estimate of drug-likeness (QED) is 0.765. The van der Waals surface area contributed by atoms with Gasteiger partial charge in [-0.05, 0) is 56.5 Å². The molecule has 2 aliphatic heterocycles. The zero-order chi connectivity index (χ0) is 19.2. The van der Waals surface area contributed by atoms with Gasteiger partial charge in [-0.2, -0.15) is 0 Å². The number of nitrogens with zero attached hydrogens (tertiary/aromatic N) is 3. The van der Waals surface area contributed by atoms with Crippen LogP contribution in [-0.4, -0.2) is 73.4 Å². The average molecular weight is 373 g/mol. The van der Waals surface area contributed by atoms with Gasteiger partial charge >= 0.3 is 0 Å². The number of likely N-dealkylation sites (tertiary alicyclic amines) is 2. The molecule has 2 saturated heterocycles. The van der Waals surface area contributed by atoms with E-state index in [0.717, 1.165) is 63.2 Å². The molecule has 0 radical (unpaired) electrons. The van der Waals surface area contributed by atoms with Crippen molar-refractivity contribution >= 4 is 11.8 Å². The standard InChI is InChI=1S/C21H31N3O3/c1-22(15-17-6-5-7-19(14-17)27-2)20(25)16-23-12-8-18(9-13-23)21(26)24-10-3-4-11-24/h5-7,14,18H,3-4,8-13,15-16H2,1-2H3. The van der Waals surface area contributed by atoms with Crippen LogP contribution in [0.3, 0.4) is 0 Å². The van der Waals surface area contributed by atoms with Crippen LogP contribution in [0.1, 0.15) is 31.2 Å². The third kappa shape index (κ3) is 5.22. The third-order valence-corrected chi connectivity index (χ3v) is 5.69. The molecule has 27 heavy (non-hydrogen) atoms. The topological polar surface area (TPSA) is 53.1 Å². The number of piperidine rings is 1. The van der Waals surface area contributed by atoms with Gasteiger partial charge in [-0.15, -0.1) is 0 Å². The minimum atomic E-state index is 0.113. The van der Waals surface area contributed by atoms with E-state index >= 15 is 0 Å². The van der Waals surface area contributed by atoms with Crippen LogP contribution in [0.4, 0.5) is 0 Å². The van der Waals surface area contributed by atoms with Gasteiger partial charge in [0.05, 0.1) is 13.7 Å². The molecule has 6 heteroatoms. The van der Waals surface area contributed by atoms with Gasteiger partial charge in [0, 0.05) is 32.6 Å². The lowest BCUT2D eigenvalue weighted by molar-refractivity contribution is -0.136. The molecule has 0 bridgehead atoms. The second-order valence-electron chi connectivity index (χ2n) is 7.68. The summed E-state index contributed by atoms with van der Waals surface area (Å²) in [6, 6.07) is 7.80. The summed E-state index contributed by atoms with van der Waals surface area (Å²) in [6.45, 7) is 4.48. The van der Waals surface area contributed by atoms with Crippen molar-refractivity contribution in [1.82, 2.24) is 14.7 Å². The van der Waals surface area contributed by atoms with Gasteiger partial charge in [0.25, 0.3) is 0 Å². The maximum Gasteiger partial charge on any atom is 0.236 e. The van der Waals surface area contributed by atoms with Crippen LogP contribution in [0.15, 0.2) is 24.3 Å². The number of ether oxygens (including phenoxy) is 1. The summed E-state index contributed by atoms with van der Waals surface area (Å²) in [6.07, 6.45) is 4.00. The predicted octanol–water partition coefficient (Wildman–Crippen LogP) is 1.99. The van der Waals surface area contributed by atoms with E-state index in [4.69, 9.17) is 4.74 Å². The van der Waals surface area contributed by atoms with E-state index in [1.54, 1.807) is 12.0 Å². The molecular weight excluding hydrogens is 342 g/mol. The Morgan fingerprint density at radius 3 is 2.52 bits per heavy atom. The summed E-state index contributed by atoms with van der Waals surface area (Å²) in [5.41, 5.74) is 1.06. The zero-order valence-corrected chi connectivity index (χ0v) is 16.5. The Labute approximate surface area is 162 Å². The van der Waals surface area contributed by atoms with Crippen molar-refractivity contribution in [3.63, 3.8) is 0 Å². The normalized spacial score (nSPS) is 18.5. The summed E-state index contributed by atoms with van der Waals surface area (Å²) >= 11 is 0. The molecule has 0 saturated carbocycles. The Morgan fingerprint density at radius 2 is 1.85 bits per heavy atom. The number of benzene rings is 1. The second kappa shape index (κ2) is 9.22. The van der Waals surface area contributed by atoms with Gasteiger partial charge in [-0.25, -0.2) is 0 Å². The molecule has 0 aliphatic carbocycles. The van der Waals surface area contributed by atoms with Crippen LogP contribution >= 0.6 is 0 Å². The third-order valence-electron chi connectivity index (χ3n) is 5.69. The number of hydrogen-bond acceptors (Lipinski definition) is 4. The fraction of sp³-hybridized carbons (Fsp3) is 0.619. The van der Waals surface area contributed by atoms with Gasteiger partial charge in [-0.3, -0.25) is 14.5 Å². The average Bonchev–Trinajstić information content (AvgIpc) is 3.23. The SMILES string of the molecule is COc1cccc(CN(C)C(=O)CN2CCC(C(=O)N3CCCC3)CC2)c1. The lowest BCUT2D eigenvalue weighted by atomic mass is 9.95. The van der Waals surface area contributed by atoms with Gasteiger partial charge in [0.15, 0.2) is 0 Å². The lowest BCUT2D eigenvalue weighted by Gasteiger charge is -2.33. The molecule has 2 fully saturated rings. The number of likely N-dealkylation sites (N-methyl/N-ethyl adjacent to an activating group) is 1. The Bertz CT molecular complexity index is 650. The van der Waals surface area contributed by atoms with Gasteiger partial charge in [0.2, 0.25) is 11.8 Å². The Morgan fingerprint density at radius 1 is 1.15 bits per heavy atom. The Balaban J connectivity index is 1.43. The molecule has 6 nitrogen and oxygen atoms in total. The highest BCUT2D eigenvalue weighted by Crippen LogP contribution is 2.22. The molecule has 0 unspecified atom stereocenters. The highest BCUT2D eigenvalue weighted by Gasteiger charge is 2.30. The number of carbonyl (C=O) groups excluding carboxylic acids is 2.